The van der Waals surface area contributed by atoms with Crippen molar-refractivity contribution in [2.24, 2.45) is 0 Å². The van der Waals surface area contributed by atoms with Crippen LogP contribution >= 0.6 is 0 Å². The van der Waals surface area contributed by atoms with E-state index in [0.29, 0.717) is 6.42 Å². The van der Waals surface area contributed by atoms with Crippen molar-refractivity contribution >= 4 is 5.97 Å². The number of esters is 1. The molecule has 0 aromatic rings. The second kappa shape index (κ2) is 6.47. The average Bonchev–Trinajstić information content (AvgIpc) is 2.61. The summed E-state index contributed by atoms with van der Waals surface area (Å²) in [6, 6.07) is 0. The monoisotopic (exact) mass is 262 g/mol. The van der Waals surface area contributed by atoms with Gasteiger partial charge in [-0.2, -0.15) is 0 Å². The third-order valence-electron chi connectivity index (χ3n) is 2.65. The van der Waals surface area contributed by atoms with Gasteiger partial charge in [-0.15, -0.1) is 0 Å². The van der Waals surface area contributed by atoms with Crippen LogP contribution in [0.3, 0.4) is 0 Å². The minimum Gasteiger partial charge on any atom is -0.463 e. The van der Waals surface area contributed by atoms with E-state index < -0.39 is 30.7 Å². The molecule has 1 fully saturated rings. The molecule has 2 N–H and O–H groups in total. The number of hydrogen-bond acceptors (Lipinski definition) is 6. The summed E-state index contributed by atoms with van der Waals surface area (Å²) < 4.78 is 16.1. The second-order valence-electron chi connectivity index (χ2n) is 4.82. The van der Waals surface area contributed by atoms with E-state index in [1.807, 2.05) is 6.92 Å². The van der Waals surface area contributed by atoms with E-state index >= 15 is 0 Å². The molecule has 0 spiro atoms. The van der Waals surface area contributed by atoms with Crippen molar-refractivity contribution < 1.29 is 29.2 Å². The quantitative estimate of drug-likeness (QED) is 0.665. The molecular formula is C12H22O6. The van der Waals surface area contributed by atoms with Crippen LogP contribution in [0.2, 0.25) is 0 Å². The summed E-state index contributed by atoms with van der Waals surface area (Å²) in [5.74, 6) is -1.16. The number of aliphatic hydroxyl groups excluding tert-OH is 2. The number of rotatable bonds is 6. The molecule has 0 aromatic heterocycles. The van der Waals surface area contributed by atoms with Crippen LogP contribution in [0.15, 0.2) is 0 Å². The van der Waals surface area contributed by atoms with E-state index in [2.05, 4.69) is 0 Å². The normalized spacial score (nSPS) is 28.1. The van der Waals surface area contributed by atoms with Crippen molar-refractivity contribution in [2.45, 2.75) is 57.7 Å². The Morgan fingerprint density at radius 1 is 1.44 bits per heavy atom. The minimum absolute atomic E-state index is 0.0178. The SMILES string of the molecule is CCCC(=O)OC[C@@H]1OC(C)(C)O[C@H]1[C@H](O)CO. The molecule has 0 saturated carbocycles. The summed E-state index contributed by atoms with van der Waals surface area (Å²) in [5, 5.41) is 18.6. The molecule has 0 unspecified atom stereocenters. The third-order valence-corrected chi connectivity index (χ3v) is 2.65. The molecule has 6 heteroatoms. The van der Waals surface area contributed by atoms with E-state index in [-0.39, 0.29) is 12.6 Å². The van der Waals surface area contributed by atoms with Gasteiger partial charge < -0.3 is 24.4 Å². The van der Waals surface area contributed by atoms with Crippen LogP contribution in [0.25, 0.3) is 0 Å². The van der Waals surface area contributed by atoms with Crippen molar-refractivity contribution in [2.75, 3.05) is 13.2 Å². The van der Waals surface area contributed by atoms with Crippen molar-refractivity contribution in [3.05, 3.63) is 0 Å². The van der Waals surface area contributed by atoms with E-state index in [0.717, 1.165) is 6.42 Å². The predicted molar refractivity (Wildman–Crippen MR) is 62.8 cm³/mol. The molecule has 106 valence electrons. The fourth-order valence-corrected chi connectivity index (χ4v) is 1.87. The summed E-state index contributed by atoms with van der Waals surface area (Å²) >= 11 is 0. The zero-order valence-electron chi connectivity index (χ0n) is 11.1. The lowest BCUT2D eigenvalue weighted by atomic mass is 10.1. The van der Waals surface area contributed by atoms with E-state index in [9.17, 15) is 9.90 Å². The van der Waals surface area contributed by atoms with Gasteiger partial charge in [0, 0.05) is 6.42 Å². The Hall–Kier alpha value is -0.690. The van der Waals surface area contributed by atoms with Gasteiger partial charge in [0.2, 0.25) is 0 Å². The van der Waals surface area contributed by atoms with Crippen molar-refractivity contribution in [3.63, 3.8) is 0 Å². The highest BCUT2D eigenvalue weighted by Crippen LogP contribution is 2.30. The molecule has 1 heterocycles. The largest absolute Gasteiger partial charge is 0.463 e. The maximum Gasteiger partial charge on any atom is 0.305 e. The molecule has 1 aliphatic heterocycles. The maximum atomic E-state index is 11.3. The number of ether oxygens (including phenoxy) is 3. The lowest BCUT2D eigenvalue weighted by Gasteiger charge is -2.20. The Balaban J connectivity index is 2.53. The van der Waals surface area contributed by atoms with Crippen molar-refractivity contribution in [1.82, 2.24) is 0 Å². The van der Waals surface area contributed by atoms with E-state index in [4.69, 9.17) is 19.3 Å². The van der Waals surface area contributed by atoms with Gasteiger partial charge in [0.15, 0.2) is 5.79 Å². The molecule has 0 aliphatic carbocycles. The highest BCUT2D eigenvalue weighted by molar-refractivity contribution is 5.69. The summed E-state index contributed by atoms with van der Waals surface area (Å²) in [7, 11) is 0. The molecule has 0 bridgehead atoms. The van der Waals surface area contributed by atoms with Crippen LogP contribution in [0.4, 0.5) is 0 Å². The fraction of sp³-hybridized carbons (Fsp3) is 0.917. The Morgan fingerprint density at radius 2 is 2.11 bits per heavy atom. The molecule has 1 rings (SSSR count). The molecule has 1 saturated heterocycles. The van der Waals surface area contributed by atoms with Gasteiger partial charge >= 0.3 is 5.97 Å². The average molecular weight is 262 g/mol. The number of hydrogen-bond donors (Lipinski definition) is 2. The second-order valence-corrected chi connectivity index (χ2v) is 4.82. The van der Waals surface area contributed by atoms with Crippen LogP contribution in [0.5, 0.6) is 0 Å². The lowest BCUT2D eigenvalue weighted by Crippen LogP contribution is -2.40. The zero-order chi connectivity index (χ0) is 13.8. The van der Waals surface area contributed by atoms with E-state index in [1.54, 1.807) is 13.8 Å². The number of aliphatic hydroxyl groups is 2. The first-order valence-corrected chi connectivity index (χ1v) is 6.19. The molecule has 0 aromatic carbocycles. The first kappa shape index (κ1) is 15.4. The fourth-order valence-electron chi connectivity index (χ4n) is 1.87. The standard InChI is InChI=1S/C12H22O6/c1-4-5-10(15)16-7-9-11(8(14)6-13)18-12(2,3)17-9/h8-9,11,13-14H,4-7H2,1-3H3/t8-,9+,11+/m1/s1. The van der Waals surface area contributed by atoms with Crippen LogP contribution in [-0.4, -0.2) is 53.5 Å². The minimum atomic E-state index is -1.05. The summed E-state index contributed by atoms with van der Waals surface area (Å²) in [4.78, 5) is 11.3. The Morgan fingerprint density at radius 3 is 2.67 bits per heavy atom. The van der Waals surface area contributed by atoms with Gasteiger partial charge in [0.25, 0.3) is 0 Å². The molecule has 0 amide bonds. The summed E-state index contributed by atoms with van der Waals surface area (Å²) in [6.45, 7) is 4.89. The first-order valence-electron chi connectivity index (χ1n) is 6.19. The lowest BCUT2D eigenvalue weighted by molar-refractivity contribution is -0.163. The number of carbonyl (C=O) groups is 1. The Labute approximate surface area is 107 Å². The molecule has 3 atom stereocenters. The van der Waals surface area contributed by atoms with Gasteiger partial charge in [-0.25, -0.2) is 0 Å². The van der Waals surface area contributed by atoms with Crippen LogP contribution < -0.4 is 0 Å². The third kappa shape index (κ3) is 4.20. The van der Waals surface area contributed by atoms with Gasteiger partial charge in [-0.05, 0) is 20.3 Å². The van der Waals surface area contributed by atoms with Crippen molar-refractivity contribution in [1.29, 1.82) is 0 Å². The predicted octanol–water partition coefficient (Wildman–Crippen LogP) is 0.203. The topological polar surface area (TPSA) is 85.2 Å². The zero-order valence-corrected chi connectivity index (χ0v) is 11.1. The summed E-state index contributed by atoms with van der Waals surface area (Å²) in [5.41, 5.74) is 0. The highest BCUT2D eigenvalue weighted by Gasteiger charge is 2.45. The molecule has 1 aliphatic rings. The molecular weight excluding hydrogens is 240 g/mol. The van der Waals surface area contributed by atoms with Crippen LogP contribution in [-0.2, 0) is 19.0 Å². The number of carbonyl (C=O) groups excluding carboxylic acids is 1. The van der Waals surface area contributed by atoms with Gasteiger partial charge in [0.05, 0.1) is 6.61 Å². The highest BCUT2D eigenvalue weighted by atomic mass is 16.8. The van der Waals surface area contributed by atoms with E-state index in [1.165, 1.54) is 0 Å². The smallest absolute Gasteiger partial charge is 0.305 e. The first-order chi connectivity index (χ1) is 8.39. The molecule has 6 nitrogen and oxygen atoms in total. The van der Waals surface area contributed by atoms with Gasteiger partial charge in [0.1, 0.15) is 24.9 Å². The maximum absolute atomic E-state index is 11.3. The Bertz CT molecular complexity index is 278. The summed E-state index contributed by atoms with van der Waals surface area (Å²) in [6.07, 6.45) is -1.25. The van der Waals surface area contributed by atoms with Crippen LogP contribution in [0, 0.1) is 0 Å². The van der Waals surface area contributed by atoms with Crippen molar-refractivity contribution in [3.8, 4) is 0 Å². The van der Waals surface area contributed by atoms with Gasteiger partial charge in [-0.1, -0.05) is 6.92 Å². The Kier molecular flexibility index (Phi) is 5.52. The van der Waals surface area contributed by atoms with Crippen LogP contribution in [0.1, 0.15) is 33.6 Å². The molecule has 18 heavy (non-hydrogen) atoms. The molecule has 0 radical (unpaired) electrons. The van der Waals surface area contributed by atoms with Gasteiger partial charge in [-0.3, -0.25) is 4.79 Å².